The van der Waals surface area contributed by atoms with Gasteiger partial charge in [0, 0.05) is 17.1 Å². The van der Waals surface area contributed by atoms with E-state index in [-0.39, 0.29) is 0 Å². The highest BCUT2D eigenvalue weighted by atomic mass is 35.5. The van der Waals surface area contributed by atoms with Crippen molar-refractivity contribution in [3.63, 3.8) is 0 Å². The van der Waals surface area contributed by atoms with Gasteiger partial charge in [-0.2, -0.15) is 5.26 Å². The predicted molar refractivity (Wildman–Crippen MR) is 144 cm³/mol. The fourth-order valence-electron chi connectivity index (χ4n) is 4.52. The Hall–Kier alpha value is -3.58. The molecule has 176 valence electrons. The first-order valence-electron chi connectivity index (χ1n) is 11.8. The van der Waals surface area contributed by atoms with E-state index in [4.69, 9.17) is 16.3 Å². The lowest BCUT2D eigenvalue weighted by Crippen LogP contribution is -2.27. The molecule has 0 fully saturated rings. The highest BCUT2D eigenvalue weighted by molar-refractivity contribution is 6.30. The van der Waals surface area contributed by atoms with Gasteiger partial charge in [-0.25, -0.2) is 0 Å². The van der Waals surface area contributed by atoms with Crippen LogP contribution in [0.4, 0.5) is 0 Å². The van der Waals surface area contributed by atoms with Crippen LogP contribution in [0.1, 0.15) is 29.5 Å². The number of halogens is 1. The van der Waals surface area contributed by atoms with Crippen LogP contribution in [0, 0.1) is 11.3 Å². The minimum absolute atomic E-state index is 0.661. The van der Waals surface area contributed by atoms with Crippen LogP contribution >= 0.6 is 11.6 Å². The molecule has 0 spiro atoms. The molecule has 4 aromatic rings. The standard InChI is InChI=1S/C31H29ClN2O/c1-35-30-18-13-24(21-29(30)25-14-16-28(32)17-15-25)22-34-20-8-19-31(23-33,26-9-4-2-5-10-26)27-11-6-3-7-12-27/h2-7,9-18,21,34H,8,19-20,22H2,1H3. The number of nitriles is 1. The van der Waals surface area contributed by atoms with E-state index in [1.54, 1.807) is 7.11 Å². The molecular formula is C31H29ClN2O. The second-order valence-corrected chi connectivity index (χ2v) is 9.01. The zero-order chi connectivity index (χ0) is 24.5. The van der Waals surface area contributed by atoms with Gasteiger partial charge < -0.3 is 10.1 Å². The van der Waals surface area contributed by atoms with Crippen molar-refractivity contribution < 1.29 is 4.74 Å². The number of ether oxygens (including phenoxy) is 1. The highest BCUT2D eigenvalue weighted by Crippen LogP contribution is 2.36. The summed E-state index contributed by atoms with van der Waals surface area (Å²) in [5, 5.41) is 14.6. The molecule has 4 heteroatoms. The summed E-state index contributed by atoms with van der Waals surface area (Å²) < 4.78 is 5.58. The Morgan fingerprint density at radius 2 is 1.49 bits per heavy atom. The van der Waals surface area contributed by atoms with Crippen LogP contribution in [0.25, 0.3) is 11.1 Å². The minimum Gasteiger partial charge on any atom is -0.496 e. The molecule has 0 amide bonds. The summed E-state index contributed by atoms with van der Waals surface area (Å²) in [6.07, 6.45) is 1.61. The number of methoxy groups -OCH3 is 1. The van der Waals surface area contributed by atoms with E-state index in [2.05, 4.69) is 47.8 Å². The number of nitrogens with zero attached hydrogens (tertiary/aromatic N) is 1. The maximum Gasteiger partial charge on any atom is 0.126 e. The van der Waals surface area contributed by atoms with Crippen molar-refractivity contribution >= 4 is 11.6 Å². The highest BCUT2D eigenvalue weighted by Gasteiger charge is 2.33. The molecule has 0 saturated heterocycles. The third-order valence-electron chi connectivity index (χ3n) is 6.38. The Morgan fingerprint density at radius 3 is 2.06 bits per heavy atom. The molecule has 0 bridgehead atoms. The van der Waals surface area contributed by atoms with Crippen LogP contribution in [0.5, 0.6) is 5.75 Å². The Balaban J connectivity index is 1.43. The molecule has 0 aliphatic rings. The van der Waals surface area contributed by atoms with Crippen molar-refractivity contribution in [1.29, 1.82) is 5.26 Å². The van der Waals surface area contributed by atoms with Crippen LogP contribution < -0.4 is 10.1 Å². The summed E-state index contributed by atoms with van der Waals surface area (Å²) in [6, 6.07) is 36.9. The average Bonchev–Trinajstić information content (AvgIpc) is 2.92. The lowest BCUT2D eigenvalue weighted by atomic mass is 9.72. The summed E-state index contributed by atoms with van der Waals surface area (Å²) >= 11 is 6.06. The van der Waals surface area contributed by atoms with Crippen LogP contribution in [0.3, 0.4) is 0 Å². The van der Waals surface area contributed by atoms with Gasteiger partial charge in [0.05, 0.1) is 13.2 Å². The molecule has 0 saturated carbocycles. The molecule has 35 heavy (non-hydrogen) atoms. The molecule has 0 aromatic heterocycles. The van der Waals surface area contributed by atoms with Crippen molar-refractivity contribution in [2.45, 2.75) is 24.8 Å². The number of benzene rings is 4. The van der Waals surface area contributed by atoms with Gasteiger partial charge in [0.15, 0.2) is 0 Å². The largest absolute Gasteiger partial charge is 0.496 e. The number of nitrogens with one attached hydrogen (secondary N) is 1. The smallest absolute Gasteiger partial charge is 0.126 e. The Bertz CT molecular complexity index is 1230. The maximum absolute atomic E-state index is 10.3. The second kappa shape index (κ2) is 11.7. The number of hydrogen-bond donors (Lipinski definition) is 1. The first-order chi connectivity index (χ1) is 17.2. The van der Waals surface area contributed by atoms with Crippen LogP contribution in [0.2, 0.25) is 5.02 Å². The summed E-state index contributed by atoms with van der Waals surface area (Å²) in [7, 11) is 1.69. The van der Waals surface area contributed by atoms with E-state index in [9.17, 15) is 5.26 Å². The zero-order valence-electron chi connectivity index (χ0n) is 19.9. The first-order valence-corrected chi connectivity index (χ1v) is 12.2. The van der Waals surface area contributed by atoms with E-state index < -0.39 is 5.41 Å². The molecule has 0 aliphatic carbocycles. The molecule has 0 atom stereocenters. The van der Waals surface area contributed by atoms with Gasteiger partial charge in [-0.1, -0.05) is 90.5 Å². The van der Waals surface area contributed by atoms with E-state index >= 15 is 0 Å². The van der Waals surface area contributed by atoms with Gasteiger partial charge in [-0.15, -0.1) is 0 Å². The molecule has 0 radical (unpaired) electrons. The fraction of sp³-hybridized carbons (Fsp3) is 0.194. The quantitative estimate of drug-likeness (QED) is 0.240. The number of rotatable bonds is 10. The fourth-order valence-corrected chi connectivity index (χ4v) is 4.64. The monoisotopic (exact) mass is 480 g/mol. The predicted octanol–water partition coefficient (Wildman–Crippen LogP) is 7.40. The normalized spacial score (nSPS) is 11.1. The van der Waals surface area contributed by atoms with Crippen molar-refractivity contribution in [2.24, 2.45) is 0 Å². The summed E-state index contributed by atoms with van der Waals surface area (Å²) in [6.45, 7) is 1.55. The molecule has 0 unspecified atom stereocenters. The molecule has 3 nitrogen and oxygen atoms in total. The van der Waals surface area contributed by atoms with E-state index in [1.165, 1.54) is 5.56 Å². The molecule has 1 N–H and O–H groups in total. The zero-order valence-corrected chi connectivity index (χ0v) is 20.6. The average molecular weight is 481 g/mol. The summed E-state index contributed by atoms with van der Waals surface area (Å²) in [5.74, 6) is 0.834. The summed E-state index contributed by atoms with van der Waals surface area (Å²) in [5.41, 5.74) is 4.70. The van der Waals surface area contributed by atoms with Crippen molar-refractivity contribution in [3.8, 4) is 22.9 Å². The van der Waals surface area contributed by atoms with Crippen LogP contribution in [-0.4, -0.2) is 13.7 Å². The van der Waals surface area contributed by atoms with Crippen LogP contribution in [0.15, 0.2) is 103 Å². The minimum atomic E-state index is -0.661. The lowest BCUT2D eigenvalue weighted by molar-refractivity contribution is 0.416. The van der Waals surface area contributed by atoms with Gasteiger partial charge in [0.1, 0.15) is 11.2 Å². The molecule has 0 aliphatic heterocycles. The lowest BCUT2D eigenvalue weighted by Gasteiger charge is -2.28. The third-order valence-corrected chi connectivity index (χ3v) is 6.63. The topological polar surface area (TPSA) is 45.0 Å². The van der Waals surface area contributed by atoms with E-state index in [1.807, 2.05) is 66.7 Å². The van der Waals surface area contributed by atoms with Gasteiger partial charge in [-0.05, 0) is 65.9 Å². The molecule has 0 heterocycles. The van der Waals surface area contributed by atoms with Gasteiger partial charge in [0.2, 0.25) is 0 Å². The SMILES string of the molecule is COc1ccc(CNCCCC(C#N)(c2ccccc2)c2ccccc2)cc1-c1ccc(Cl)cc1. The van der Waals surface area contributed by atoms with Gasteiger partial charge in [0.25, 0.3) is 0 Å². The first kappa shape index (κ1) is 24.5. The Morgan fingerprint density at radius 1 is 0.857 bits per heavy atom. The van der Waals surface area contributed by atoms with Crippen molar-refractivity contribution in [2.75, 3.05) is 13.7 Å². The van der Waals surface area contributed by atoms with Crippen molar-refractivity contribution in [3.05, 3.63) is 125 Å². The Labute approximate surface area is 213 Å². The maximum atomic E-state index is 10.3. The van der Waals surface area contributed by atoms with Crippen molar-refractivity contribution in [1.82, 2.24) is 5.32 Å². The summed E-state index contributed by atoms with van der Waals surface area (Å²) in [4.78, 5) is 0. The third kappa shape index (κ3) is 5.74. The van der Waals surface area contributed by atoms with Crippen LogP contribution in [-0.2, 0) is 12.0 Å². The molecule has 4 rings (SSSR count). The van der Waals surface area contributed by atoms with E-state index in [0.29, 0.717) is 5.02 Å². The molecular weight excluding hydrogens is 452 g/mol. The van der Waals surface area contributed by atoms with Gasteiger partial charge >= 0.3 is 0 Å². The molecule has 4 aromatic carbocycles. The Kier molecular flexibility index (Phi) is 8.21. The van der Waals surface area contributed by atoms with Gasteiger partial charge in [-0.3, -0.25) is 0 Å². The van der Waals surface area contributed by atoms with E-state index in [0.717, 1.165) is 53.9 Å². The second-order valence-electron chi connectivity index (χ2n) is 8.57. The number of hydrogen-bond acceptors (Lipinski definition) is 3.